The van der Waals surface area contributed by atoms with E-state index in [1.54, 1.807) is 56.6 Å². The van der Waals surface area contributed by atoms with Crippen LogP contribution in [0.1, 0.15) is 34.1 Å². The van der Waals surface area contributed by atoms with Crippen LogP contribution in [0.15, 0.2) is 84.9 Å². The zero-order valence-corrected chi connectivity index (χ0v) is 33.4. The summed E-state index contributed by atoms with van der Waals surface area (Å²) in [5.41, 5.74) is 1.22. The van der Waals surface area contributed by atoms with Gasteiger partial charge in [-0.15, -0.1) is 0 Å². The number of carbonyl (C=O) groups excluding carboxylic acids is 4. The van der Waals surface area contributed by atoms with Gasteiger partial charge in [0.05, 0.1) is 36.2 Å². The Kier molecular flexibility index (Phi) is 9.55. The van der Waals surface area contributed by atoms with Crippen LogP contribution in [0.25, 0.3) is 4.85 Å². The van der Waals surface area contributed by atoms with Gasteiger partial charge >= 0.3 is 12.1 Å². The molecule has 15 heteroatoms. The highest BCUT2D eigenvalue weighted by atomic mass is 35.5. The lowest BCUT2D eigenvalue weighted by Gasteiger charge is -2.34. The van der Waals surface area contributed by atoms with Gasteiger partial charge in [-0.2, -0.15) is 5.26 Å². The Bertz CT molecular complexity index is 2240. The second-order valence-corrected chi connectivity index (χ2v) is 16.4. The average molecular weight is 822 g/mol. The number of rotatable bonds is 6. The fourth-order valence-corrected chi connectivity index (χ4v) is 10.1. The summed E-state index contributed by atoms with van der Waals surface area (Å²) in [6.45, 7) is 10.6. The molecule has 4 heterocycles. The molecule has 6 amide bonds. The molecule has 4 atom stereocenters. The van der Waals surface area contributed by atoms with Crippen LogP contribution in [-0.2, 0) is 9.59 Å². The zero-order chi connectivity index (χ0) is 40.6. The number of imide groups is 2. The molecule has 57 heavy (non-hydrogen) atoms. The van der Waals surface area contributed by atoms with E-state index in [4.69, 9.17) is 41.4 Å². The molecular weight excluding hydrogens is 787 g/mol. The molecule has 0 bridgehead atoms. The molecule has 12 nitrogen and oxygen atoms in total. The Morgan fingerprint density at radius 3 is 1.58 bits per heavy atom. The van der Waals surface area contributed by atoms with Gasteiger partial charge in [0.15, 0.2) is 5.69 Å². The van der Waals surface area contributed by atoms with Gasteiger partial charge < -0.3 is 9.80 Å². The number of urea groups is 2. The van der Waals surface area contributed by atoms with Gasteiger partial charge in [-0.05, 0) is 72.1 Å². The number of amides is 6. The molecule has 4 aliphatic rings. The number of nitriles is 1. The second-order valence-electron chi connectivity index (χ2n) is 15.1. The first kappa shape index (κ1) is 38.4. The molecule has 8 rings (SSSR count). The number of aryl methyl sites for hydroxylation is 1. The predicted molar refractivity (Wildman–Crippen MR) is 217 cm³/mol. The van der Waals surface area contributed by atoms with Crippen LogP contribution in [0.4, 0.5) is 26.7 Å². The Hall–Kier alpha value is -5.47. The summed E-state index contributed by atoms with van der Waals surface area (Å²) in [5.74, 6) is -1.84. The van der Waals surface area contributed by atoms with E-state index in [1.165, 1.54) is 32.9 Å². The Morgan fingerprint density at radius 1 is 0.702 bits per heavy atom. The van der Waals surface area contributed by atoms with Crippen molar-refractivity contribution in [3.8, 4) is 6.07 Å². The SMILES string of the molecule is [C-]#[N+]c1ccc([C@@H]2CN(CN3C[C@@H](c4ccc(C#N)cc4)[C@]4(C3)C(=O)N(c3cc(Cl)cc(Cl)c3)C(=O)N4C)C[C@]23C(=O)N(c2cc(C)cc(Cl)c2)C(=O)N3C)cc1. The van der Waals surface area contributed by atoms with Gasteiger partial charge in [0.25, 0.3) is 11.8 Å². The van der Waals surface area contributed by atoms with E-state index < -0.39 is 40.9 Å². The number of likely N-dealkylation sites (N-methyl/N-ethyl adjacent to an activating group) is 2. The van der Waals surface area contributed by atoms with Crippen molar-refractivity contribution < 1.29 is 19.2 Å². The Morgan fingerprint density at radius 2 is 1.14 bits per heavy atom. The third-order valence-corrected chi connectivity index (χ3v) is 12.6. The number of hydrogen-bond donors (Lipinski definition) is 0. The first-order valence-corrected chi connectivity index (χ1v) is 19.3. The average Bonchev–Trinajstić information content (AvgIpc) is 3.86. The maximum absolute atomic E-state index is 14.9. The third kappa shape index (κ3) is 6.03. The van der Waals surface area contributed by atoms with E-state index >= 15 is 0 Å². The Labute approximate surface area is 344 Å². The van der Waals surface area contributed by atoms with Gasteiger partial charge in [-0.3, -0.25) is 19.4 Å². The molecule has 2 spiro atoms. The molecular formula is C42H35Cl3N8O4. The van der Waals surface area contributed by atoms with E-state index in [-0.39, 0.29) is 41.4 Å². The summed E-state index contributed by atoms with van der Waals surface area (Å²) in [5, 5.41) is 10.5. The molecule has 4 fully saturated rings. The first-order chi connectivity index (χ1) is 27.2. The maximum atomic E-state index is 14.9. The summed E-state index contributed by atoms with van der Waals surface area (Å²) in [7, 11) is 3.26. The number of anilines is 2. The number of benzene rings is 4. The van der Waals surface area contributed by atoms with Crippen molar-refractivity contribution >= 4 is 75.7 Å². The van der Waals surface area contributed by atoms with Gasteiger partial charge in [0.1, 0.15) is 11.1 Å². The highest BCUT2D eigenvalue weighted by Crippen LogP contribution is 2.49. The van der Waals surface area contributed by atoms with Crippen LogP contribution in [-0.4, -0.2) is 101 Å². The summed E-state index contributed by atoms with van der Waals surface area (Å²) in [6.07, 6.45) is 0. The van der Waals surface area contributed by atoms with Crippen molar-refractivity contribution in [3.63, 3.8) is 0 Å². The number of halogens is 3. The molecule has 288 valence electrons. The number of likely N-dealkylation sites (tertiary alicyclic amines) is 2. The molecule has 4 aromatic rings. The van der Waals surface area contributed by atoms with Crippen LogP contribution >= 0.6 is 34.8 Å². The van der Waals surface area contributed by atoms with E-state index in [1.807, 2.05) is 31.2 Å². The van der Waals surface area contributed by atoms with Crippen LogP contribution in [0.5, 0.6) is 0 Å². The quantitative estimate of drug-likeness (QED) is 0.146. The van der Waals surface area contributed by atoms with Crippen molar-refractivity contribution in [2.24, 2.45) is 0 Å². The Balaban J connectivity index is 1.17. The minimum Gasteiger partial charge on any atom is -0.310 e. The van der Waals surface area contributed by atoms with Crippen molar-refractivity contribution in [3.05, 3.63) is 134 Å². The molecule has 0 unspecified atom stereocenters. The number of nitrogens with zero attached hydrogens (tertiary/aromatic N) is 8. The normalized spacial score (nSPS) is 25.1. The maximum Gasteiger partial charge on any atom is 0.332 e. The fraction of sp³-hybridized carbons (Fsp3) is 0.286. The smallest absolute Gasteiger partial charge is 0.310 e. The van der Waals surface area contributed by atoms with Crippen LogP contribution in [0.3, 0.4) is 0 Å². The molecule has 0 radical (unpaired) electrons. The van der Waals surface area contributed by atoms with E-state index in [2.05, 4.69) is 20.7 Å². The van der Waals surface area contributed by atoms with Crippen molar-refractivity contribution in [1.29, 1.82) is 5.26 Å². The van der Waals surface area contributed by atoms with E-state index in [0.29, 0.717) is 35.1 Å². The first-order valence-electron chi connectivity index (χ1n) is 18.1. The monoisotopic (exact) mass is 820 g/mol. The summed E-state index contributed by atoms with van der Waals surface area (Å²) < 4.78 is 0. The topological polar surface area (TPSA) is 116 Å². The summed E-state index contributed by atoms with van der Waals surface area (Å²) in [6, 6.07) is 24.9. The van der Waals surface area contributed by atoms with Crippen molar-refractivity contribution in [2.45, 2.75) is 29.8 Å². The molecule has 0 saturated carbocycles. The fourth-order valence-electron chi connectivity index (χ4n) is 9.25. The lowest BCUT2D eigenvalue weighted by atomic mass is 9.80. The van der Waals surface area contributed by atoms with Gasteiger partial charge in [0, 0.05) is 67.2 Å². The summed E-state index contributed by atoms with van der Waals surface area (Å²) >= 11 is 19.1. The number of hydrogen-bond acceptors (Lipinski definition) is 7. The van der Waals surface area contributed by atoms with Crippen molar-refractivity contribution in [1.82, 2.24) is 19.6 Å². The van der Waals surface area contributed by atoms with E-state index in [0.717, 1.165) is 21.6 Å². The van der Waals surface area contributed by atoms with E-state index in [9.17, 15) is 24.4 Å². The predicted octanol–water partition coefficient (Wildman–Crippen LogP) is 7.51. The minimum absolute atomic E-state index is 0.147. The lowest BCUT2D eigenvalue weighted by Crippen LogP contribution is -2.55. The van der Waals surface area contributed by atoms with Crippen molar-refractivity contribution in [2.75, 3.05) is 56.7 Å². The van der Waals surface area contributed by atoms with Crippen LogP contribution in [0.2, 0.25) is 15.1 Å². The lowest BCUT2D eigenvalue weighted by molar-refractivity contribution is -0.125. The zero-order valence-electron chi connectivity index (χ0n) is 31.1. The van der Waals surface area contributed by atoms with Crippen LogP contribution in [0, 0.1) is 24.8 Å². The highest BCUT2D eigenvalue weighted by Gasteiger charge is 2.67. The highest BCUT2D eigenvalue weighted by molar-refractivity contribution is 6.36. The number of carbonyl (C=O) groups is 4. The molecule has 4 aliphatic heterocycles. The van der Waals surface area contributed by atoms with Gasteiger partial charge in [-0.1, -0.05) is 71.2 Å². The second kappa shape index (κ2) is 14.2. The molecule has 0 aliphatic carbocycles. The molecule has 4 saturated heterocycles. The standard InChI is InChI=1S/C42H35Cl3N8O4/c1-25-13-29(43)16-33(14-25)52-37(54)42(48(3)39(52)56)23-51(21-36(42)28-9-11-32(47-2)12-10-28)24-50-20-35(27-7-5-26(19-46)6-8-27)41(22-50)38(55)53(40(57)49(41)4)34-17-30(44)15-31(45)18-34/h5-18,35-36H,20-24H2,1,3-4H3/t35-,36-,41+,42+/m0/s1. The largest absolute Gasteiger partial charge is 0.332 e. The molecule has 4 aromatic carbocycles. The van der Waals surface area contributed by atoms with Gasteiger partial charge in [-0.25, -0.2) is 24.2 Å². The van der Waals surface area contributed by atoms with Crippen LogP contribution < -0.4 is 9.80 Å². The van der Waals surface area contributed by atoms with Gasteiger partial charge in [0.2, 0.25) is 0 Å². The summed E-state index contributed by atoms with van der Waals surface area (Å²) in [4.78, 5) is 71.1. The minimum atomic E-state index is -1.36. The third-order valence-electron chi connectivity index (χ3n) is 11.9. The molecule has 0 aromatic heterocycles. The molecule has 0 N–H and O–H groups in total.